The molecule has 4 atom stereocenters. The molecule has 0 aromatic rings. The monoisotopic (exact) mass is 622 g/mol. The highest BCUT2D eigenvalue weighted by molar-refractivity contribution is 9.12. The Morgan fingerprint density at radius 3 is 1.83 bits per heavy atom. The molecule has 0 aliphatic rings. The third-order valence-corrected chi connectivity index (χ3v) is 8.88. The van der Waals surface area contributed by atoms with Gasteiger partial charge < -0.3 is 9.79 Å². The van der Waals surface area contributed by atoms with E-state index in [0.29, 0.717) is 11.8 Å². The minimum atomic E-state index is -4.80. The molecular formula is C11H18Br3Cl4O4P. The Hall–Kier alpha value is 2.71. The molecule has 0 bridgehead atoms. The molecular weight excluding hydrogens is 609 g/mol. The van der Waals surface area contributed by atoms with E-state index in [1.807, 2.05) is 0 Å². The molecule has 140 valence electrons. The van der Waals surface area contributed by atoms with Gasteiger partial charge in [0.1, 0.15) is 0 Å². The van der Waals surface area contributed by atoms with Crippen LogP contribution in [-0.4, -0.2) is 52.9 Å². The largest absolute Gasteiger partial charge is 0.470 e. The molecule has 0 radical (unpaired) electrons. The molecule has 0 heterocycles. The Morgan fingerprint density at radius 1 is 1.09 bits per heavy atom. The summed E-state index contributed by atoms with van der Waals surface area (Å²) in [5, 5.41) is -0.409. The highest BCUT2D eigenvalue weighted by Gasteiger charge is 2.48. The smallest absolute Gasteiger partial charge is 0.303 e. The zero-order valence-corrected chi connectivity index (χ0v) is 20.5. The first-order valence-electron chi connectivity index (χ1n) is 6.51. The lowest BCUT2D eigenvalue weighted by Crippen LogP contribution is -2.49. The summed E-state index contributed by atoms with van der Waals surface area (Å²) in [4.78, 5) is 18.1. The summed E-state index contributed by atoms with van der Waals surface area (Å²) in [5.74, 6) is 0.208. The molecule has 0 spiro atoms. The van der Waals surface area contributed by atoms with Crippen LogP contribution in [0.15, 0.2) is 0 Å². The van der Waals surface area contributed by atoms with Gasteiger partial charge in [-0.2, -0.15) is 0 Å². The molecule has 0 saturated heterocycles. The lowest BCUT2D eigenvalue weighted by Gasteiger charge is -2.41. The van der Waals surface area contributed by atoms with Gasteiger partial charge in [0.15, 0.2) is 0 Å². The molecule has 0 saturated carbocycles. The maximum absolute atomic E-state index is 11.5. The number of rotatable bonds is 12. The summed E-state index contributed by atoms with van der Waals surface area (Å²) in [6, 6.07) is 0. The fraction of sp³-hybridized carbons (Fsp3) is 1.00. The van der Waals surface area contributed by atoms with Gasteiger partial charge in [0.05, 0.1) is 10.4 Å². The lowest BCUT2D eigenvalue weighted by molar-refractivity contribution is 0.0189. The van der Waals surface area contributed by atoms with Crippen LogP contribution in [0.25, 0.3) is 0 Å². The summed E-state index contributed by atoms with van der Waals surface area (Å²) < 4.78 is 16.7. The van der Waals surface area contributed by atoms with Gasteiger partial charge in [0, 0.05) is 32.7 Å². The number of halogens is 7. The molecule has 0 rings (SSSR count). The summed E-state index contributed by atoms with van der Waals surface area (Å²) in [5.41, 5.74) is -1.34. The van der Waals surface area contributed by atoms with Crippen molar-refractivity contribution in [1.29, 1.82) is 0 Å². The Bertz CT molecular complexity index is 378. The fourth-order valence-corrected chi connectivity index (χ4v) is 6.28. The highest BCUT2D eigenvalue weighted by atomic mass is 79.9. The molecule has 0 amide bonds. The van der Waals surface area contributed by atoms with Crippen LogP contribution in [-0.2, 0) is 9.09 Å². The van der Waals surface area contributed by atoms with Gasteiger partial charge in [-0.15, -0.1) is 46.4 Å². The van der Waals surface area contributed by atoms with E-state index in [0.717, 1.165) is 0 Å². The van der Waals surface area contributed by atoms with Crippen LogP contribution < -0.4 is 0 Å². The zero-order valence-electron chi connectivity index (χ0n) is 11.9. The van der Waals surface area contributed by atoms with Crippen LogP contribution in [0.5, 0.6) is 0 Å². The van der Waals surface area contributed by atoms with Crippen molar-refractivity contribution in [2.45, 2.75) is 45.3 Å². The number of phosphoric ester groups is 1. The summed E-state index contributed by atoms with van der Waals surface area (Å²) in [6.07, 6.45) is 0.886. The van der Waals surface area contributed by atoms with Gasteiger partial charge in [0.25, 0.3) is 0 Å². The van der Waals surface area contributed by atoms with Crippen molar-refractivity contribution >= 4 is 102 Å². The van der Waals surface area contributed by atoms with Crippen LogP contribution in [0.2, 0.25) is 0 Å². The summed E-state index contributed by atoms with van der Waals surface area (Å²) >= 11 is 34.2. The highest BCUT2D eigenvalue weighted by Crippen LogP contribution is 2.50. The van der Waals surface area contributed by atoms with Crippen LogP contribution in [0, 0.1) is 0 Å². The van der Waals surface area contributed by atoms with E-state index in [1.54, 1.807) is 0 Å². The SMILES string of the molecule is O=P(O)(O)OC(CC(Cl)CCl)(CC(Cl)CCl)C(Br)C(Br)CCBr. The summed E-state index contributed by atoms with van der Waals surface area (Å²) in [6.45, 7) is 0. The maximum Gasteiger partial charge on any atom is 0.470 e. The molecule has 4 unspecified atom stereocenters. The first-order chi connectivity index (χ1) is 10.5. The van der Waals surface area contributed by atoms with E-state index in [4.69, 9.17) is 50.9 Å². The Morgan fingerprint density at radius 2 is 1.52 bits per heavy atom. The van der Waals surface area contributed by atoms with Crippen molar-refractivity contribution in [3.05, 3.63) is 0 Å². The molecule has 0 aliphatic heterocycles. The Labute approximate surface area is 181 Å². The first-order valence-corrected chi connectivity index (χ1v) is 12.9. The van der Waals surface area contributed by atoms with Gasteiger partial charge in [-0.05, 0) is 19.3 Å². The normalized spacial score (nSPS) is 20.6. The topological polar surface area (TPSA) is 66.8 Å². The van der Waals surface area contributed by atoms with Gasteiger partial charge in [-0.1, -0.05) is 47.8 Å². The minimum Gasteiger partial charge on any atom is -0.303 e. The lowest BCUT2D eigenvalue weighted by atomic mass is 9.87. The average molecular weight is 627 g/mol. The van der Waals surface area contributed by atoms with E-state index in [1.165, 1.54) is 0 Å². The number of phosphoric acid groups is 1. The predicted octanol–water partition coefficient (Wildman–Crippen LogP) is 5.62. The molecule has 23 heavy (non-hydrogen) atoms. The van der Waals surface area contributed by atoms with Gasteiger partial charge in [0.2, 0.25) is 0 Å². The van der Waals surface area contributed by atoms with Gasteiger partial charge in [-0.3, -0.25) is 4.52 Å². The number of alkyl halides is 7. The van der Waals surface area contributed by atoms with Crippen molar-refractivity contribution in [3.8, 4) is 0 Å². The first kappa shape index (κ1) is 25.7. The minimum absolute atomic E-state index is 0.101. The molecule has 0 aliphatic carbocycles. The van der Waals surface area contributed by atoms with Gasteiger partial charge in [-0.25, -0.2) is 4.57 Å². The Balaban J connectivity index is 5.73. The van der Waals surface area contributed by atoms with E-state index in [2.05, 4.69) is 47.8 Å². The van der Waals surface area contributed by atoms with Crippen LogP contribution in [0.1, 0.15) is 19.3 Å². The van der Waals surface area contributed by atoms with Crippen LogP contribution in [0.4, 0.5) is 0 Å². The molecule has 12 heteroatoms. The van der Waals surface area contributed by atoms with Crippen LogP contribution >= 0.6 is 102 Å². The van der Waals surface area contributed by atoms with E-state index in [9.17, 15) is 14.4 Å². The van der Waals surface area contributed by atoms with Crippen LogP contribution in [0.3, 0.4) is 0 Å². The van der Waals surface area contributed by atoms with Crippen molar-refractivity contribution in [2.75, 3.05) is 17.1 Å². The summed E-state index contributed by atoms with van der Waals surface area (Å²) in [7, 11) is -4.80. The predicted molar refractivity (Wildman–Crippen MR) is 110 cm³/mol. The van der Waals surface area contributed by atoms with E-state index >= 15 is 0 Å². The molecule has 4 nitrogen and oxygen atoms in total. The number of hydrogen-bond donors (Lipinski definition) is 2. The second-order valence-corrected chi connectivity index (χ2v) is 10.9. The third-order valence-electron chi connectivity index (χ3n) is 2.97. The Kier molecular flexibility index (Phi) is 13.7. The van der Waals surface area contributed by atoms with Crippen molar-refractivity contribution in [3.63, 3.8) is 0 Å². The standard InChI is InChI=1S/C11H18Br3Cl4O4P/c12-2-1-9(13)10(14)11(3-7(17)5-15,4-8(18)6-16)22-23(19,20)21/h7-10H,1-6H2,(H2,19,20,21). The third kappa shape index (κ3) is 9.99. The van der Waals surface area contributed by atoms with Crippen molar-refractivity contribution < 1.29 is 18.9 Å². The molecule has 0 aromatic heterocycles. The van der Waals surface area contributed by atoms with E-state index in [-0.39, 0.29) is 29.4 Å². The van der Waals surface area contributed by atoms with Crippen molar-refractivity contribution in [1.82, 2.24) is 0 Å². The van der Waals surface area contributed by atoms with Gasteiger partial charge >= 0.3 is 7.82 Å². The average Bonchev–Trinajstić information content (AvgIpc) is 2.44. The van der Waals surface area contributed by atoms with E-state index < -0.39 is 29.0 Å². The maximum atomic E-state index is 11.5. The fourth-order valence-electron chi connectivity index (χ4n) is 2.11. The molecule has 0 fully saturated rings. The second-order valence-electron chi connectivity index (χ2n) is 4.95. The molecule has 2 N–H and O–H groups in total. The van der Waals surface area contributed by atoms with Crippen molar-refractivity contribution in [2.24, 2.45) is 0 Å². The second kappa shape index (κ2) is 12.2. The molecule has 0 aromatic carbocycles. The quantitative estimate of drug-likeness (QED) is 0.218. The zero-order chi connectivity index (χ0) is 18.3. The number of hydrogen-bond acceptors (Lipinski definition) is 2.